The summed E-state index contributed by atoms with van der Waals surface area (Å²) in [6, 6.07) is 12.1. The predicted molar refractivity (Wildman–Crippen MR) is 132 cm³/mol. The third-order valence-electron chi connectivity index (χ3n) is 5.65. The van der Waals surface area contributed by atoms with Crippen LogP contribution in [0.2, 0.25) is 0 Å². The summed E-state index contributed by atoms with van der Waals surface area (Å²) in [5, 5.41) is 0. The Bertz CT molecular complexity index is 729. The van der Waals surface area contributed by atoms with Crippen molar-refractivity contribution in [2.24, 2.45) is 11.8 Å². The number of benzene rings is 1. The van der Waals surface area contributed by atoms with Gasteiger partial charge in [-0.2, -0.15) is 22.3 Å². The molecule has 2 atom stereocenters. The number of halogens is 2. The zero-order valence-electron chi connectivity index (χ0n) is 19.1. The van der Waals surface area contributed by atoms with Gasteiger partial charge < -0.3 is 0 Å². The van der Waals surface area contributed by atoms with Crippen molar-refractivity contribution in [1.29, 1.82) is 0 Å². The van der Waals surface area contributed by atoms with Crippen LogP contribution in [0.1, 0.15) is 61.0 Å². The fraction of sp³-hybridized carbons (Fsp3) is 0.440. The van der Waals surface area contributed by atoms with E-state index in [9.17, 15) is 0 Å². The van der Waals surface area contributed by atoms with Crippen LogP contribution in [0, 0.1) is 24.0 Å². The summed E-state index contributed by atoms with van der Waals surface area (Å²) in [5.74, 6) is 1.12. The maximum atomic E-state index is 3.36. The van der Waals surface area contributed by atoms with Crippen LogP contribution in [0.5, 0.6) is 0 Å². The van der Waals surface area contributed by atoms with E-state index in [1.807, 2.05) is 0 Å². The van der Waals surface area contributed by atoms with Gasteiger partial charge in [-0.25, -0.2) is 11.1 Å². The average Bonchev–Trinajstić information content (AvgIpc) is 3.01. The number of hydrogen-bond acceptors (Lipinski definition) is 0. The van der Waals surface area contributed by atoms with Crippen LogP contribution < -0.4 is 0 Å². The standard InChI is InChI=1S/2C9H13.C7H8Si.2ClH.Hf/c2*1-6-5-7(2)9(4)8(6)3;8-6-7-4-2-1-3-5-7;;;/h2*6H,1-4H3;1-5,8H,6H2;2*1H;/q2*-1;;;;+2. The first kappa shape index (κ1) is 31.0. The molecule has 0 radical (unpaired) electrons. The van der Waals surface area contributed by atoms with Gasteiger partial charge in [0.2, 0.25) is 0 Å². The van der Waals surface area contributed by atoms with Gasteiger partial charge in [0.05, 0.1) is 0 Å². The summed E-state index contributed by atoms with van der Waals surface area (Å²) in [7, 11) is 0. The van der Waals surface area contributed by atoms with E-state index >= 15 is 0 Å². The Morgan fingerprint density at radius 1 is 0.759 bits per heavy atom. The molecule has 0 amide bonds. The molecule has 2 aliphatic rings. The Morgan fingerprint density at radius 3 is 1.34 bits per heavy atom. The third-order valence-corrected chi connectivity index (χ3v) is 8.53. The Balaban J connectivity index is 0. The zero-order valence-corrected chi connectivity index (χ0v) is 25.5. The molecule has 29 heavy (non-hydrogen) atoms. The predicted octanol–water partition coefficient (Wildman–Crippen LogP) is 7.37. The quantitative estimate of drug-likeness (QED) is 0.241. The van der Waals surface area contributed by atoms with Crippen LogP contribution in [0.3, 0.4) is 0 Å². The molecule has 4 heteroatoms. The van der Waals surface area contributed by atoms with Crippen molar-refractivity contribution < 1.29 is 23.0 Å². The topological polar surface area (TPSA) is 0 Å². The fourth-order valence-electron chi connectivity index (χ4n) is 3.06. The molecule has 0 spiro atoms. The number of allylic oxidation sites excluding steroid dienone is 8. The molecule has 158 valence electrons. The van der Waals surface area contributed by atoms with Gasteiger partial charge >= 0.3 is 71.2 Å². The minimum absolute atomic E-state index is 0. The molecule has 0 fully saturated rings. The van der Waals surface area contributed by atoms with Gasteiger partial charge in [0.25, 0.3) is 0 Å². The second-order valence-corrected chi connectivity index (χ2v) is 12.7. The van der Waals surface area contributed by atoms with Crippen LogP contribution in [0.25, 0.3) is 0 Å². The van der Waals surface area contributed by atoms with E-state index in [1.165, 1.54) is 68.0 Å². The summed E-state index contributed by atoms with van der Waals surface area (Å²) >= 11 is 1.41. The van der Waals surface area contributed by atoms with Gasteiger partial charge in [-0.05, 0) is 0 Å². The van der Waals surface area contributed by atoms with E-state index in [4.69, 9.17) is 0 Å². The molecule has 0 heterocycles. The molecule has 0 nitrogen and oxygen atoms in total. The Morgan fingerprint density at radius 2 is 1.14 bits per heavy atom. The van der Waals surface area contributed by atoms with Crippen LogP contribution in [0.4, 0.5) is 0 Å². The molecule has 0 N–H and O–H groups in total. The van der Waals surface area contributed by atoms with Gasteiger partial charge in [0.15, 0.2) is 0 Å². The molecular weight excluding hydrogens is 578 g/mol. The second kappa shape index (κ2) is 15.6. The van der Waals surface area contributed by atoms with Crippen molar-refractivity contribution in [2.45, 2.75) is 61.4 Å². The van der Waals surface area contributed by atoms with E-state index in [0.29, 0.717) is 11.8 Å². The molecule has 3 rings (SSSR count). The second-order valence-electron chi connectivity index (χ2n) is 7.49. The van der Waals surface area contributed by atoms with Crippen LogP contribution in [-0.4, -0.2) is 6.22 Å². The van der Waals surface area contributed by atoms with Gasteiger partial charge in [-0.3, -0.25) is 12.2 Å². The Hall–Kier alpha value is -0.153. The first-order chi connectivity index (χ1) is 12.7. The van der Waals surface area contributed by atoms with Crippen LogP contribution >= 0.6 is 24.8 Å². The van der Waals surface area contributed by atoms with Crippen molar-refractivity contribution in [3.05, 3.63) is 81.5 Å². The molecule has 0 saturated carbocycles. The van der Waals surface area contributed by atoms with Gasteiger partial charge in [0.1, 0.15) is 0 Å². The summed E-state index contributed by atoms with van der Waals surface area (Å²) < 4.78 is 0. The first-order valence-corrected chi connectivity index (χ1v) is 17.4. The van der Waals surface area contributed by atoms with E-state index in [2.05, 4.69) is 97.9 Å². The van der Waals surface area contributed by atoms with Gasteiger partial charge in [-0.15, -0.1) is 38.7 Å². The molecule has 1 aromatic carbocycles. The minimum atomic E-state index is 0. The molecule has 0 aromatic heterocycles. The maximum absolute atomic E-state index is 3.36. The van der Waals surface area contributed by atoms with Crippen LogP contribution in [0.15, 0.2) is 63.8 Å². The number of rotatable bonds is 2. The van der Waals surface area contributed by atoms with E-state index in [-0.39, 0.29) is 24.8 Å². The van der Waals surface area contributed by atoms with E-state index in [1.54, 1.807) is 0 Å². The molecule has 0 bridgehead atoms. The van der Waals surface area contributed by atoms with Crippen molar-refractivity contribution >= 4 is 31.0 Å². The number of hydrogen-bond donors (Lipinski definition) is 0. The monoisotopic (exact) mass is 614 g/mol. The molecule has 0 saturated heterocycles. The molecule has 1 aromatic rings. The van der Waals surface area contributed by atoms with Crippen molar-refractivity contribution in [2.75, 3.05) is 0 Å². The Kier molecular flexibility index (Phi) is 16.7. The fourth-order valence-corrected chi connectivity index (χ4v) is 6.10. The summed E-state index contributed by atoms with van der Waals surface area (Å²) in [6.45, 7) is 17.3. The normalized spacial score (nSPS) is 19.7. The summed E-state index contributed by atoms with van der Waals surface area (Å²) in [4.78, 5) is 0. The third kappa shape index (κ3) is 10.1. The van der Waals surface area contributed by atoms with Gasteiger partial charge in [0, 0.05) is 0 Å². The van der Waals surface area contributed by atoms with Gasteiger partial charge in [-0.1, -0.05) is 53.4 Å². The summed E-state index contributed by atoms with van der Waals surface area (Å²) in [6.07, 6.45) is 7.48. The Labute approximate surface area is 207 Å². The van der Waals surface area contributed by atoms with Crippen molar-refractivity contribution in [3.63, 3.8) is 0 Å². The summed E-state index contributed by atoms with van der Waals surface area (Å²) in [5.41, 5.74) is 10.0. The molecule has 2 unspecified atom stereocenters. The molecular formula is C25H36Cl2HfSi. The molecule has 2 aliphatic carbocycles. The van der Waals surface area contributed by atoms with Crippen LogP contribution in [-0.2, 0) is 29.0 Å². The van der Waals surface area contributed by atoms with E-state index < -0.39 is 0 Å². The van der Waals surface area contributed by atoms with E-state index in [0.717, 1.165) is 6.22 Å². The van der Waals surface area contributed by atoms with Crippen molar-refractivity contribution in [1.82, 2.24) is 0 Å². The zero-order chi connectivity index (χ0) is 20.6. The SMILES string of the molecule is CC1=[C-]C(C)C(C)=C1C.CC1=[C-]C(C)C(C)=C1C.Cl.Cl.[Hf+2]=[SiH]Cc1ccccc1. The average molecular weight is 614 g/mol. The van der Waals surface area contributed by atoms with Crippen molar-refractivity contribution in [3.8, 4) is 0 Å². The molecule has 0 aliphatic heterocycles. The first-order valence-electron chi connectivity index (χ1n) is 9.77.